The maximum atomic E-state index is 10.0. The first-order chi connectivity index (χ1) is 3.93. The molecule has 4 heteroatoms. The van der Waals surface area contributed by atoms with Crippen molar-refractivity contribution in [2.24, 2.45) is 0 Å². The second kappa shape index (κ2) is 11.9. The molecule has 0 spiro atoms. The summed E-state index contributed by atoms with van der Waals surface area (Å²) in [6.45, 7) is 0. The molecule has 46 valence electrons. The first kappa shape index (κ1) is 18.6. The molecule has 0 aliphatic rings. The van der Waals surface area contributed by atoms with E-state index in [9.17, 15) is 4.79 Å². The van der Waals surface area contributed by atoms with Crippen LogP contribution in [0.25, 0.3) is 0 Å². The fourth-order valence-corrected chi connectivity index (χ4v) is 0.532. The summed E-state index contributed by atoms with van der Waals surface area (Å²) in [5.41, 5.74) is 0.729. The van der Waals surface area contributed by atoms with Gasteiger partial charge in [-0.1, -0.05) is 30.3 Å². The van der Waals surface area contributed by atoms with E-state index in [4.69, 9.17) is 0 Å². The second-order valence-corrected chi connectivity index (χ2v) is 1.53. The van der Waals surface area contributed by atoms with Gasteiger partial charge in [0.05, 0.1) is 0 Å². The van der Waals surface area contributed by atoms with Crippen molar-refractivity contribution >= 4 is 95.0 Å². The minimum absolute atomic E-state index is 0. The van der Waals surface area contributed by atoms with Crippen LogP contribution in [0, 0.1) is 0 Å². The Kier molecular flexibility index (Phi) is 20.1. The summed E-state index contributed by atoms with van der Waals surface area (Å²) in [5.74, 6) is 0. The van der Waals surface area contributed by atoms with Crippen LogP contribution in [0.3, 0.4) is 0 Å². The zero-order chi connectivity index (χ0) is 5.82. The Morgan fingerprint density at radius 2 is 1.36 bits per heavy atom. The van der Waals surface area contributed by atoms with E-state index in [0.29, 0.717) is 0 Å². The van der Waals surface area contributed by atoms with Gasteiger partial charge < -0.3 is 0 Å². The van der Waals surface area contributed by atoms with Crippen LogP contribution in [0.1, 0.15) is 10.4 Å². The Labute approximate surface area is 133 Å². The average Bonchev–Trinajstić information content (AvgIpc) is 1.90. The fraction of sp³-hybridized carbons (Fsp3) is 0. The van der Waals surface area contributed by atoms with Crippen molar-refractivity contribution in [1.29, 1.82) is 0 Å². The molecule has 0 aliphatic carbocycles. The van der Waals surface area contributed by atoms with E-state index in [1.165, 1.54) is 0 Å². The van der Waals surface area contributed by atoms with Crippen LogP contribution in [0.4, 0.5) is 0 Å². The summed E-state index contributed by atoms with van der Waals surface area (Å²) in [4.78, 5) is 10.0. The average molecular weight is 178 g/mol. The Balaban J connectivity index is -0.000000213. The maximum absolute atomic E-state index is 10.0. The summed E-state index contributed by atoms with van der Waals surface area (Å²) < 4.78 is 0. The van der Waals surface area contributed by atoms with Gasteiger partial charge in [0.25, 0.3) is 0 Å². The van der Waals surface area contributed by atoms with Crippen LogP contribution in [0.15, 0.2) is 30.3 Å². The molecule has 0 saturated carbocycles. The number of carbonyl (C=O) groups excluding carboxylic acids is 1. The molecule has 0 atom stereocenters. The number of hydrogen-bond acceptors (Lipinski definition) is 1. The van der Waals surface area contributed by atoms with E-state index in [-0.39, 0.29) is 88.7 Å². The van der Waals surface area contributed by atoms with E-state index in [1.54, 1.807) is 12.1 Å². The number of rotatable bonds is 1. The van der Waals surface area contributed by atoms with Crippen LogP contribution in [-0.2, 0) is 0 Å². The van der Waals surface area contributed by atoms with Gasteiger partial charge in [-0.15, -0.1) is 0 Å². The molecule has 0 unspecified atom stereocenters. The molecule has 1 aromatic carbocycles. The monoisotopic (exact) mass is 178 g/mol. The molecular weight excluding hydrogens is 169 g/mol. The minimum atomic E-state index is 0. The van der Waals surface area contributed by atoms with Gasteiger partial charge >= 0.3 is 88.7 Å². The first-order valence-corrected chi connectivity index (χ1v) is 2.44. The van der Waals surface area contributed by atoms with Gasteiger partial charge in [0.1, 0.15) is 6.29 Å². The Bertz CT molecular complexity index is 176. The zero-order valence-corrected chi connectivity index (χ0v) is 4.37. The third-order valence-electron chi connectivity index (χ3n) is 0.936. The van der Waals surface area contributed by atoms with Crippen LogP contribution >= 0.6 is 0 Å². The SMILES string of the molecule is O=Cc1ccccc1.[NaH].[NaH].[NaH]. The molecule has 11 heavy (non-hydrogen) atoms. The standard InChI is InChI=1S/C7H6O.3Na.3H/c8-6-7-4-2-1-3-5-7;;;;;;/h1-6H;;;;;;. The van der Waals surface area contributed by atoms with Crippen LogP contribution in [-0.4, -0.2) is 95.0 Å². The van der Waals surface area contributed by atoms with Crippen molar-refractivity contribution < 1.29 is 4.79 Å². The summed E-state index contributed by atoms with van der Waals surface area (Å²) in [6.07, 6.45) is 0.833. The summed E-state index contributed by atoms with van der Waals surface area (Å²) in [7, 11) is 0. The number of aldehydes is 1. The van der Waals surface area contributed by atoms with Crippen molar-refractivity contribution in [3.05, 3.63) is 35.9 Å². The third-order valence-corrected chi connectivity index (χ3v) is 0.936. The molecule has 1 rings (SSSR count). The van der Waals surface area contributed by atoms with Gasteiger partial charge in [0, 0.05) is 5.56 Å². The second-order valence-electron chi connectivity index (χ2n) is 1.53. The van der Waals surface area contributed by atoms with Crippen LogP contribution in [0.5, 0.6) is 0 Å². The zero-order valence-electron chi connectivity index (χ0n) is 4.37. The first-order valence-electron chi connectivity index (χ1n) is 2.44. The Hall–Kier alpha value is 1.89. The van der Waals surface area contributed by atoms with Crippen molar-refractivity contribution in [2.75, 3.05) is 0 Å². The summed E-state index contributed by atoms with van der Waals surface area (Å²) in [6, 6.07) is 9.10. The van der Waals surface area contributed by atoms with E-state index in [2.05, 4.69) is 0 Å². The fourth-order valence-electron chi connectivity index (χ4n) is 0.532. The molecule has 0 saturated heterocycles. The molecule has 0 N–H and O–H groups in total. The van der Waals surface area contributed by atoms with E-state index in [0.717, 1.165) is 11.8 Å². The van der Waals surface area contributed by atoms with Crippen molar-refractivity contribution in [3.8, 4) is 0 Å². The molecule has 0 heterocycles. The predicted octanol–water partition coefficient (Wildman–Crippen LogP) is -0.446. The number of hydrogen-bond donors (Lipinski definition) is 0. The summed E-state index contributed by atoms with van der Waals surface area (Å²) >= 11 is 0. The topological polar surface area (TPSA) is 17.1 Å². The molecule has 0 amide bonds. The molecule has 1 aromatic rings. The molecular formula is C7H9Na3O. The van der Waals surface area contributed by atoms with Gasteiger partial charge in [-0.2, -0.15) is 0 Å². The van der Waals surface area contributed by atoms with Gasteiger partial charge in [-0.3, -0.25) is 4.79 Å². The summed E-state index contributed by atoms with van der Waals surface area (Å²) in [5, 5.41) is 0. The predicted molar refractivity (Wildman–Crippen MR) is 53.3 cm³/mol. The van der Waals surface area contributed by atoms with Crippen LogP contribution in [0.2, 0.25) is 0 Å². The third kappa shape index (κ3) is 8.23. The molecule has 0 radical (unpaired) electrons. The molecule has 0 aromatic heterocycles. The van der Waals surface area contributed by atoms with Crippen LogP contribution < -0.4 is 0 Å². The van der Waals surface area contributed by atoms with Gasteiger partial charge in [0.15, 0.2) is 0 Å². The van der Waals surface area contributed by atoms with E-state index >= 15 is 0 Å². The molecule has 1 nitrogen and oxygen atoms in total. The molecule has 0 fully saturated rings. The van der Waals surface area contributed by atoms with Crippen molar-refractivity contribution in [2.45, 2.75) is 0 Å². The van der Waals surface area contributed by atoms with Gasteiger partial charge in [0.2, 0.25) is 0 Å². The van der Waals surface area contributed by atoms with Crippen molar-refractivity contribution in [3.63, 3.8) is 0 Å². The van der Waals surface area contributed by atoms with Gasteiger partial charge in [-0.05, 0) is 0 Å². The van der Waals surface area contributed by atoms with Crippen molar-refractivity contribution in [1.82, 2.24) is 0 Å². The quantitative estimate of drug-likeness (QED) is 0.420. The Morgan fingerprint density at radius 1 is 0.909 bits per heavy atom. The van der Waals surface area contributed by atoms with Gasteiger partial charge in [-0.25, -0.2) is 0 Å². The van der Waals surface area contributed by atoms with E-state index < -0.39 is 0 Å². The number of benzene rings is 1. The van der Waals surface area contributed by atoms with E-state index in [1.807, 2.05) is 18.2 Å². The molecule has 0 aliphatic heterocycles. The normalized spacial score (nSPS) is 6.18. The Morgan fingerprint density at radius 3 is 1.64 bits per heavy atom. The number of carbonyl (C=O) groups is 1. The molecule has 0 bridgehead atoms.